The van der Waals surface area contributed by atoms with Gasteiger partial charge in [-0.25, -0.2) is 0 Å². The van der Waals surface area contributed by atoms with Crippen molar-refractivity contribution in [2.75, 3.05) is 13.1 Å². The predicted octanol–water partition coefficient (Wildman–Crippen LogP) is 4.55. The molecule has 0 saturated heterocycles. The fourth-order valence-corrected chi connectivity index (χ4v) is 3.27. The molecule has 2 aromatic rings. The van der Waals surface area contributed by atoms with Gasteiger partial charge < -0.3 is 15.1 Å². The lowest BCUT2D eigenvalue weighted by Crippen LogP contribution is -2.36. The zero-order chi connectivity index (χ0) is 18.1. The van der Waals surface area contributed by atoms with Crippen LogP contribution in [0.4, 0.5) is 0 Å². The molecule has 2 N–H and O–H groups in total. The minimum atomic E-state index is -0.378. The van der Waals surface area contributed by atoms with Gasteiger partial charge in [0.25, 0.3) is 0 Å². The minimum Gasteiger partial charge on any atom is -0.508 e. The summed E-state index contributed by atoms with van der Waals surface area (Å²) < 4.78 is 0. The van der Waals surface area contributed by atoms with E-state index in [1.807, 2.05) is 42.5 Å². The Morgan fingerprint density at radius 1 is 0.960 bits per heavy atom. The number of aliphatic hydroxyl groups is 1. The summed E-state index contributed by atoms with van der Waals surface area (Å²) in [6.45, 7) is 6.53. The van der Waals surface area contributed by atoms with Gasteiger partial charge in [-0.2, -0.15) is 0 Å². The molecule has 0 aliphatic rings. The second-order valence-electron chi connectivity index (χ2n) is 6.82. The van der Waals surface area contributed by atoms with Crippen LogP contribution in [0, 0.1) is 0 Å². The van der Waals surface area contributed by atoms with Crippen LogP contribution in [0.15, 0.2) is 54.6 Å². The van der Waals surface area contributed by atoms with Gasteiger partial charge in [0.2, 0.25) is 0 Å². The third-order valence-corrected chi connectivity index (χ3v) is 4.71. The summed E-state index contributed by atoms with van der Waals surface area (Å²) in [5.74, 6) is 0.316. The zero-order valence-corrected chi connectivity index (χ0v) is 15.4. The topological polar surface area (TPSA) is 43.7 Å². The average molecular weight is 341 g/mol. The maximum absolute atomic E-state index is 10.3. The summed E-state index contributed by atoms with van der Waals surface area (Å²) in [7, 11) is 0. The maximum atomic E-state index is 10.3. The van der Waals surface area contributed by atoms with E-state index >= 15 is 0 Å². The monoisotopic (exact) mass is 341 g/mol. The predicted molar refractivity (Wildman–Crippen MR) is 104 cm³/mol. The first-order chi connectivity index (χ1) is 12.1. The van der Waals surface area contributed by atoms with E-state index in [4.69, 9.17) is 0 Å². The van der Waals surface area contributed by atoms with Crippen molar-refractivity contribution in [3.05, 3.63) is 65.7 Å². The Labute approximate surface area is 151 Å². The molecular weight excluding hydrogens is 310 g/mol. The lowest BCUT2D eigenvalue weighted by atomic mass is 10.0. The van der Waals surface area contributed by atoms with Gasteiger partial charge in [0, 0.05) is 6.04 Å². The van der Waals surface area contributed by atoms with E-state index in [0.29, 0.717) is 11.8 Å². The molecule has 0 aliphatic heterocycles. The van der Waals surface area contributed by atoms with E-state index < -0.39 is 0 Å². The van der Waals surface area contributed by atoms with Gasteiger partial charge >= 0.3 is 0 Å². The molecular formula is C22H31NO2. The molecule has 25 heavy (non-hydrogen) atoms. The van der Waals surface area contributed by atoms with Gasteiger partial charge in [0.15, 0.2) is 0 Å². The van der Waals surface area contributed by atoms with E-state index in [1.165, 1.54) is 5.56 Å². The van der Waals surface area contributed by atoms with Gasteiger partial charge in [0.05, 0.1) is 6.10 Å². The lowest BCUT2D eigenvalue weighted by Gasteiger charge is -2.29. The number of hydrogen-bond donors (Lipinski definition) is 2. The summed E-state index contributed by atoms with van der Waals surface area (Å²) in [5, 5.41) is 19.7. The number of benzene rings is 2. The molecule has 0 saturated carbocycles. The van der Waals surface area contributed by atoms with Gasteiger partial charge in [-0.15, -0.1) is 0 Å². The molecule has 2 aromatic carbocycles. The van der Waals surface area contributed by atoms with Crippen LogP contribution in [-0.2, 0) is 6.42 Å². The lowest BCUT2D eigenvalue weighted by molar-refractivity contribution is 0.146. The highest BCUT2D eigenvalue weighted by Gasteiger charge is 2.15. The first kappa shape index (κ1) is 19.5. The quantitative estimate of drug-likeness (QED) is 0.666. The Kier molecular flexibility index (Phi) is 7.96. The molecule has 0 bridgehead atoms. The van der Waals surface area contributed by atoms with Crippen LogP contribution in [0.25, 0.3) is 0 Å². The molecule has 3 nitrogen and oxygen atoms in total. The molecule has 0 heterocycles. The van der Waals surface area contributed by atoms with Crippen LogP contribution in [0.3, 0.4) is 0 Å². The molecule has 136 valence electrons. The number of rotatable bonds is 10. The van der Waals surface area contributed by atoms with Crippen LogP contribution in [-0.4, -0.2) is 34.2 Å². The maximum Gasteiger partial charge on any atom is 0.115 e. The van der Waals surface area contributed by atoms with Crippen molar-refractivity contribution in [1.29, 1.82) is 0 Å². The van der Waals surface area contributed by atoms with Crippen molar-refractivity contribution in [2.24, 2.45) is 0 Å². The average Bonchev–Trinajstić information content (AvgIpc) is 2.63. The fraction of sp³-hybridized carbons (Fsp3) is 0.455. The van der Waals surface area contributed by atoms with E-state index in [0.717, 1.165) is 44.3 Å². The molecule has 3 heteroatoms. The van der Waals surface area contributed by atoms with Gasteiger partial charge in [-0.3, -0.25) is 0 Å². The zero-order valence-electron chi connectivity index (χ0n) is 15.4. The first-order valence-electron chi connectivity index (χ1n) is 9.35. The van der Waals surface area contributed by atoms with Crippen molar-refractivity contribution < 1.29 is 10.2 Å². The number of phenolic OH excluding ortho intramolecular Hbond substituents is 1. The van der Waals surface area contributed by atoms with Crippen LogP contribution in [0.5, 0.6) is 5.75 Å². The Hall–Kier alpha value is -1.84. The van der Waals surface area contributed by atoms with Crippen molar-refractivity contribution in [3.63, 3.8) is 0 Å². The number of aromatic hydroxyl groups is 1. The highest BCUT2D eigenvalue weighted by Crippen LogP contribution is 2.19. The summed E-state index contributed by atoms with van der Waals surface area (Å²) in [4.78, 5) is 2.50. The standard InChI is InChI=1S/C22H31NO2/c1-3-15-23(18(2)17-19-11-13-21(24)14-12-19)16-7-10-22(25)20-8-5-4-6-9-20/h4-6,8-9,11-14,18,22,24-25H,3,7,10,15-17H2,1-2H3. The van der Waals surface area contributed by atoms with Crippen LogP contribution >= 0.6 is 0 Å². The molecule has 0 fully saturated rings. The molecule has 0 aromatic heterocycles. The minimum absolute atomic E-state index is 0.316. The molecule has 2 atom stereocenters. The number of aliphatic hydroxyl groups excluding tert-OH is 1. The second kappa shape index (κ2) is 10.2. The number of hydrogen-bond acceptors (Lipinski definition) is 3. The molecule has 2 rings (SSSR count). The second-order valence-corrected chi connectivity index (χ2v) is 6.82. The molecule has 0 aliphatic carbocycles. The fourth-order valence-electron chi connectivity index (χ4n) is 3.27. The van der Waals surface area contributed by atoms with Crippen molar-refractivity contribution >= 4 is 0 Å². The summed E-state index contributed by atoms with van der Waals surface area (Å²) in [6.07, 6.45) is 3.49. The Morgan fingerprint density at radius 2 is 1.64 bits per heavy atom. The highest BCUT2D eigenvalue weighted by atomic mass is 16.3. The van der Waals surface area contributed by atoms with Gasteiger partial charge in [0.1, 0.15) is 5.75 Å². The van der Waals surface area contributed by atoms with Gasteiger partial charge in [-0.05, 0) is 69.0 Å². The Bertz CT molecular complexity index is 597. The summed E-state index contributed by atoms with van der Waals surface area (Å²) in [6, 6.07) is 17.8. The Balaban J connectivity index is 1.83. The Morgan fingerprint density at radius 3 is 2.28 bits per heavy atom. The third kappa shape index (κ3) is 6.52. The van der Waals surface area contributed by atoms with E-state index in [1.54, 1.807) is 12.1 Å². The molecule has 0 amide bonds. The molecule has 0 spiro atoms. The first-order valence-corrected chi connectivity index (χ1v) is 9.35. The summed E-state index contributed by atoms with van der Waals surface area (Å²) in [5.41, 5.74) is 2.25. The van der Waals surface area contributed by atoms with E-state index in [-0.39, 0.29) is 6.10 Å². The molecule has 2 unspecified atom stereocenters. The van der Waals surface area contributed by atoms with Crippen LogP contribution in [0.2, 0.25) is 0 Å². The highest BCUT2D eigenvalue weighted by molar-refractivity contribution is 5.26. The normalized spacial score (nSPS) is 13.8. The van der Waals surface area contributed by atoms with E-state index in [2.05, 4.69) is 18.7 Å². The summed E-state index contributed by atoms with van der Waals surface area (Å²) >= 11 is 0. The van der Waals surface area contributed by atoms with Crippen molar-refractivity contribution in [3.8, 4) is 5.75 Å². The third-order valence-electron chi connectivity index (χ3n) is 4.71. The van der Waals surface area contributed by atoms with E-state index in [9.17, 15) is 10.2 Å². The number of phenols is 1. The molecule has 0 radical (unpaired) electrons. The van der Waals surface area contributed by atoms with Gasteiger partial charge in [-0.1, -0.05) is 49.4 Å². The van der Waals surface area contributed by atoms with Crippen LogP contribution < -0.4 is 0 Å². The SMILES string of the molecule is CCCN(CCCC(O)c1ccccc1)C(C)Cc1ccc(O)cc1. The smallest absolute Gasteiger partial charge is 0.115 e. The van der Waals surface area contributed by atoms with Crippen molar-refractivity contribution in [1.82, 2.24) is 4.90 Å². The van der Waals surface area contributed by atoms with Crippen LogP contribution in [0.1, 0.15) is 50.3 Å². The largest absolute Gasteiger partial charge is 0.508 e. The van der Waals surface area contributed by atoms with Crippen molar-refractivity contribution in [2.45, 2.75) is 51.7 Å². The number of nitrogens with zero attached hydrogens (tertiary/aromatic N) is 1.